The Morgan fingerprint density at radius 3 is 1.88 bits per heavy atom. The minimum absolute atomic E-state index is 0.0152. The van der Waals surface area contributed by atoms with Gasteiger partial charge in [-0.05, 0) is 59.5 Å². The fourth-order valence-electron chi connectivity index (χ4n) is 5.51. The molecule has 0 spiro atoms. The summed E-state index contributed by atoms with van der Waals surface area (Å²) >= 11 is 1.72. The lowest BCUT2D eigenvalue weighted by molar-refractivity contribution is -0.162. The molecule has 0 radical (unpaired) electrons. The predicted octanol–water partition coefficient (Wildman–Crippen LogP) is 5.60. The highest BCUT2D eigenvalue weighted by molar-refractivity contribution is 7.10. The summed E-state index contributed by atoms with van der Waals surface area (Å²) in [6.07, 6.45) is 0.366. The molecule has 0 N–H and O–H groups in total. The molecule has 2 bridgehead atoms. The second kappa shape index (κ2) is 8.55. The van der Waals surface area contributed by atoms with E-state index in [-0.39, 0.29) is 31.0 Å². The Kier molecular flexibility index (Phi) is 5.60. The van der Waals surface area contributed by atoms with Crippen LogP contribution in [0, 0.1) is 5.92 Å². The third-order valence-corrected chi connectivity index (χ3v) is 7.76. The van der Waals surface area contributed by atoms with Gasteiger partial charge in [0.05, 0.1) is 13.2 Å². The van der Waals surface area contributed by atoms with Gasteiger partial charge in [0.25, 0.3) is 0 Å². The highest BCUT2D eigenvalue weighted by Crippen LogP contribution is 2.58. The van der Waals surface area contributed by atoms with Gasteiger partial charge in [0.2, 0.25) is 0 Å². The molecule has 0 saturated heterocycles. The van der Waals surface area contributed by atoms with Crippen LogP contribution in [0.3, 0.4) is 0 Å². The van der Waals surface area contributed by atoms with Crippen LogP contribution in [0.2, 0.25) is 0 Å². The van der Waals surface area contributed by atoms with E-state index < -0.39 is 17.9 Å². The number of carbonyl (C=O) groups is 2. The van der Waals surface area contributed by atoms with E-state index in [2.05, 4.69) is 60.0 Å². The van der Waals surface area contributed by atoms with Crippen LogP contribution in [0.1, 0.15) is 70.7 Å². The van der Waals surface area contributed by atoms with Crippen molar-refractivity contribution in [2.24, 2.45) is 5.92 Å². The lowest BCUT2D eigenvalue weighted by Gasteiger charge is -2.34. The summed E-state index contributed by atoms with van der Waals surface area (Å²) in [5.41, 5.74) is 6.50. The number of thiophene rings is 1. The van der Waals surface area contributed by atoms with Crippen LogP contribution < -0.4 is 0 Å². The maximum absolute atomic E-state index is 12.8. The standard InChI is InChI=1S/C27H26O4S/c1-3-30-26(28)22(27(29)31-4-2)15-21-24-18-11-7-5-9-16(18)23(20-13-14-32-25(20)21)17-10-6-8-12-19(17)24/h5-14,21-24H,3-4,15H2,1-2H3. The van der Waals surface area contributed by atoms with Gasteiger partial charge in [-0.3, -0.25) is 9.59 Å². The molecule has 1 aromatic heterocycles. The molecule has 3 aliphatic carbocycles. The fraction of sp³-hybridized carbons (Fsp3) is 0.333. The smallest absolute Gasteiger partial charge is 0.320 e. The van der Waals surface area contributed by atoms with Crippen LogP contribution >= 0.6 is 11.3 Å². The van der Waals surface area contributed by atoms with Gasteiger partial charge in [0, 0.05) is 22.6 Å². The number of carbonyl (C=O) groups excluding carboxylic acids is 2. The van der Waals surface area contributed by atoms with Crippen LogP contribution in [-0.2, 0) is 19.1 Å². The second-order valence-corrected chi connectivity index (χ2v) is 9.26. The minimum Gasteiger partial charge on any atom is -0.465 e. The van der Waals surface area contributed by atoms with Crippen molar-refractivity contribution in [2.75, 3.05) is 13.2 Å². The summed E-state index contributed by atoms with van der Waals surface area (Å²) in [5, 5.41) is 2.13. The maximum Gasteiger partial charge on any atom is 0.320 e. The van der Waals surface area contributed by atoms with Crippen molar-refractivity contribution in [1.82, 2.24) is 0 Å². The lowest BCUT2D eigenvalue weighted by atomic mass is 9.69. The van der Waals surface area contributed by atoms with Crippen molar-refractivity contribution >= 4 is 23.3 Å². The first-order valence-electron chi connectivity index (χ1n) is 11.2. The Morgan fingerprint density at radius 2 is 1.34 bits per heavy atom. The Labute approximate surface area is 192 Å². The largest absolute Gasteiger partial charge is 0.465 e. The molecule has 0 amide bonds. The molecule has 1 unspecified atom stereocenters. The van der Waals surface area contributed by atoms with Crippen molar-refractivity contribution < 1.29 is 19.1 Å². The van der Waals surface area contributed by atoms with Crippen molar-refractivity contribution in [2.45, 2.75) is 38.0 Å². The molecule has 0 fully saturated rings. The monoisotopic (exact) mass is 446 g/mol. The summed E-state index contributed by atoms with van der Waals surface area (Å²) < 4.78 is 10.6. The third kappa shape index (κ3) is 3.27. The number of hydrogen-bond donors (Lipinski definition) is 0. The van der Waals surface area contributed by atoms with E-state index in [4.69, 9.17) is 9.47 Å². The fourth-order valence-corrected chi connectivity index (χ4v) is 6.60. The van der Waals surface area contributed by atoms with E-state index in [1.165, 1.54) is 32.7 Å². The molecule has 6 rings (SSSR count). The number of esters is 2. The molecule has 164 valence electrons. The van der Waals surface area contributed by atoms with Crippen LogP contribution in [0.5, 0.6) is 0 Å². The number of rotatable bonds is 6. The number of ether oxygens (including phenoxy) is 2. The third-order valence-electron chi connectivity index (χ3n) is 6.69. The van der Waals surface area contributed by atoms with Crippen LogP contribution in [0.4, 0.5) is 0 Å². The molecule has 1 atom stereocenters. The molecule has 5 heteroatoms. The van der Waals surface area contributed by atoms with Crippen LogP contribution in [-0.4, -0.2) is 25.2 Å². The van der Waals surface area contributed by atoms with E-state index in [1.807, 2.05) is 0 Å². The van der Waals surface area contributed by atoms with Crippen molar-refractivity contribution in [1.29, 1.82) is 0 Å². The zero-order valence-corrected chi connectivity index (χ0v) is 19.1. The Hall–Kier alpha value is -2.92. The highest BCUT2D eigenvalue weighted by Gasteiger charge is 2.46. The highest BCUT2D eigenvalue weighted by atomic mass is 32.1. The summed E-state index contributed by atoms with van der Waals surface area (Å²) in [4.78, 5) is 26.9. The van der Waals surface area contributed by atoms with Crippen molar-refractivity contribution in [3.63, 3.8) is 0 Å². The van der Waals surface area contributed by atoms with Gasteiger partial charge in [0.15, 0.2) is 5.92 Å². The van der Waals surface area contributed by atoms with Crippen LogP contribution in [0.25, 0.3) is 0 Å². The summed E-state index contributed by atoms with van der Waals surface area (Å²) in [6.45, 7) is 4.00. The Balaban J connectivity index is 1.68. The zero-order valence-electron chi connectivity index (χ0n) is 18.2. The summed E-state index contributed by atoms with van der Waals surface area (Å²) in [7, 11) is 0. The molecule has 32 heavy (non-hydrogen) atoms. The molecule has 3 aliphatic rings. The van der Waals surface area contributed by atoms with E-state index in [1.54, 1.807) is 25.2 Å². The number of hydrogen-bond acceptors (Lipinski definition) is 5. The molecular formula is C27H26O4S. The quantitative estimate of drug-likeness (QED) is 0.365. The van der Waals surface area contributed by atoms with Gasteiger partial charge in [-0.15, -0.1) is 11.3 Å². The molecule has 0 saturated carbocycles. The molecule has 0 aliphatic heterocycles. The second-order valence-electron chi connectivity index (χ2n) is 8.31. The predicted molar refractivity (Wildman–Crippen MR) is 124 cm³/mol. The van der Waals surface area contributed by atoms with E-state index in [9.17, 15) is 9.59 Å². The topological polar surface area (TPSA) is 52.6 Å². The molecule has 2 aromatic carbocycles. The first kappa shape index (κ1) is 21.0. The SMILES string of the molecule is CCOC(=O)C(CC1c2sccc2C2c3ccccc3C1c1ccccc12)C(=O)OCC. The van der Waals surface area contributed by atoms with Gasteiger partial charge in [-0.2, -0.15) is 0 Å². The first-order chi connectivity index (χ1) is 15.7. The van der Waals surface area contributed by atoms with E-state index >= 15 is 0 Å². The van der Waals surface area contributed by atoms with Gasteiger partial charge in [-0.1, -0.05) is 48.5 Å². The minimum atomic E-state index is -0.939. The molecule has 4 nitrogen and oxygen atoms in total. The maximum atomic E-state index is 12.8. The van der Waals surface area contributed by atoms with Gasteiger partial charge in [-0.25, -0.2) is 0 Å². The first-order valence-corrected chi connectivity index (χ1v) is 12.1. The number of benzene rings is 2. The normalized spacial score (nSPS) is 20.2. The summed E-state index contributed by atoms with van der Waals surface area (Å²) in [6, 6.07) is 19.4. The Bertz CT molecular complexity index is 1100. The van der Waals surface area contributed by atoms with Crippen molar-refractivity contribution in [3.8, 4) is 0 Å². The van der Waals surface area contributed by atoms with Crippen molar-refractivity contribution in [3.05, 3.63) is 92.7 Å². The average Bonchev–Trinajstić information content (AvgIpc) is 3.20. The van der Waals surface area contributed by atoms with Gasteiger partial charge in [0.1, 0.15) is 0 Å². The van der Waals surface area contributed by atoms with Gasteiger partial charge >= 0.3 is 11.9 Å². The molecular weight excluding hydrogens is 420 g/mol. The average molecular weight is 447 g/mol. The summed E-state index contributed by atoms with van der Waals surface area (Å²) in [5.74, 6) is -1.70. The van der Waals surface area contributed by atoms with E-state index in [0.29, 0.717) is 6.42 Å². The van der Waals surface area contributed by atoms with Gasteiger partial charge < -0.3 is 9.47 Å². The molecule has 3 aromatic rings. The van der Waals surface area contributed by atoms with Crippen LogP contribution in [0.15, 0.2) is 60.0 Å². The Morgan fingerprint density at radius 1 is 0.812 bits per heavy atom. The van der Waals surface area contributed by atoms with E-state index in [0.717, 1.165) is 0 Å². The zero-order chi connectivity index (χ0) is 22.2. The molecule has 1 heterocycles. The lowest BCUT2D eigenvalue weighted by Crippen LogP contribution is -2.31.